The first-order chi connectivity index (χ1) is 10.9. The summed E-state index contributed by atoms with van der Waals surface area (Å²) >= 11 is 0. The van der Waals surface area contributed by atoms with Crippen molar-refractivity contribution in [3.8, 4) is 11.5 Å². The molecular formula is C21H30O2. The Kier molecular flexibility index (Phi) is 5.92. The second kappa shape index (κ2) is 7.72. The lowest BCUT2D eigenvalue weighted by Gasteiger charge is -2.32. The van der Waals surface area contributed by atoms with E-state index in [-0.39, 0.29) is 5.60 Å². The van der Waals surface area contributed by atoms with Crippen LogP contribution in [0.25, 0.3) is 6.08 Å². The first-order valence-corrected chi connectivity index (χ1v) is 8.81. The Labute approximate surface area is 140 Å². The fourth-order valence-electron chi connectivity index (χ4n) is 2.97. The molecule has 0 unspecified atom stereocenters. The van der Waals surface area contributed by atoms with Gasteiger partial charge in [0.05, 0.1) is 5.56 Å². The summed E-state index contributed by atoms with van der Waals surface area (Å²) in [5.41, 5.74) is 3.01. The number of benzene rings is 1. The van der Waals surface area contributed by atoms with Crippen LogP contribution in [0, 0.1) is 0 Å². The highest BCUT2D eigenvalue weighted by atomic mass is 16.5. The van der Waals surface area contributed by atoms with Crippen molar-refractivity contribution in [2.75, 3.05) is 0 Å². The van der Waals surface area contributed by atoms with Crippen LogP contribution in [-0.4, -0.2) is 10.7 Å². The molecule has 126 valence electrons. The number of hydrogen-bond acceptors (Lipinski definition) is 2. The molecule has 23 heavy (non-hydrogen) atoms. The van der Waals surface area contributed by atoms with Crippen molar-refractivity contribution in [2.45, 2.75) is 71.8 Å². The van der Waals surface area contributed by atoms with E-state index in [9.17, 15) is 5.11 Å². The van der Waals surface area contributed by atoms with Gasteiger partial charge < -0.3 is 9.84 Å². The number of ether oxygens (including phenoxy) is 1. The van der Waals surface area contributed by atoms with Crippen LogP contribution in [0.2, 0.25) is 0 Å². The number of fused-ring (bicyclic) bond motifs is 1. The van der Waals surface area contributed by atoms with Gasteiger partial charge in [0, 0.05) is 0 Å². The number of phenolic OH excluding ortho intramolecular Hbond substituents is 1. The third-order valence-corrected chi connectivity index (χ3v) is 4.39. The van der Waals surface area contributed by atoms with E-state index in [1.165, 1.54) is 18.4 Å². The lowest BCUT2D eigenvalue weighted by Crippen LogP contribution is -2.31. The fourth-order valence-corrected chi connectivity index (χ4v) is 2.97. The zero-order valence-corrected chi connectivity index (χ0v) is 15.0. The molecule has 1 aromatic carbocycles. The van der Waals surface area contributed by atoms with Crippen LogP contribution >= 0.6 is 0 Å². The molecule has 0 aromatic heterocycles. The Balaban J connectivity index is 2.13. The molecule has 2 rings (SSSR count). The molecule has 0 saturated heterocycles. The summed E-state index contributed by atoms with van der Waals surface area (Å²) in [5, 5.41) is 10.3. The minimum atomic E-state index is -0.298. The lowest BCUT2D eigenvalue weighted by molar-refractivity contribution is 0.128. The van der Waals surface area contributed by atoms with Crippen molar-refractivity contribution in [3.05, 3.63) is 41.0 Å². The van der Waals surface area contributed by atoms with Crippen molar-refractivity contribution < 1.29 is 9.84 Å². The zero-order chi connectivity index (χ0) is 16.9. The van der Waals surface area contributed by atoms with Gasteiger partial charge >= 0.3 is 0 Å². The van der Waals surface area contributed by atoms with Gasteiger partial charge in [-0.2, -0.15) is 0 Å². The Morgan fingerprint density at radius 1 is 1.26 bits per heavy atom. The standard InChI is InChI=1S/C21H30O2/c1-5-6-7-10-17-14-19(22)18-11-13-21(4,23-20(18)15-17)12-8-9-16(2)3/h9,11,13-15,22H,5-8,10,12H2,1-4H3/t21-/m1/s1. The molecule has 1 aromatic rings. The van der Waals surface area contributed by atoms with Gasteiger partial charge in [-0.25, -0.2) is 0 Å². The van der Waals surface area contributed by atoms with Crippen molar-refractivity contribution in [1.29, 1.82) is 0 Å². The molecule has 0 saturated carbocycles. The minimum Gasteiger partial charge on any atom is -0.507 e. The van der Waals surface area contributed by atoms with E-state index >= 15 is 0 Å². The van der Waals surface area contributed by atoms with Crippen molar-refractivity contribution in [1.82, 2.24) is 0 Å². The van der Waals surface area contributed by atoms with E-state index in [1.807, 2.05) is 12.1 Å². The topological polar surface area (TPSA) is 29.5 Å². The lowest BCUT2D eigenvalue weighted by atomic mass is 9.93. The first kappa shape index (κ1) is 17.7. The number of unbranched alkanes of at least 4 members (excludes halogenated alkanes) is 2. The summed E-state index contributed by atoms with van der Waals surface area (Å²) in [6, 6.07) is 3.99. The number of allylic oxidation sites excluding steroid dienone is 2. The molecule has 2 heteroatoms. The summed E-state index contributed by atoms with van der Waals surface area (Å²) in [6.45, 7) is 8.56. The number of aromatic hydroxyl groups is 1. The smallest absolute Gasteiger partial charge is 0.131 e. The number of aryl methyl sites for hydroxylation is 1. The van der Waals surface area contributed by atoms with Gasteiger partial charge in [0.25, 0.3) is 0 Å². The third kappa shape index (κ3) is 4.89. The molecule has 1 N–H and O–H groups in total. The van der Waals surface area contributed by atoms with Crippen LogP contribution in [0.4, 0.5) is 0 Å². The average molecular weight is 314 g/mol. The fraction of sp³-hybridized carbons (Fsp3) is 0.524. The van der Waals surface area contributed by atoms with E-state index < -0.39 is 0 Å². The van der Waals surface area contributed by atoms with Crippen LogP contribution < -0.4 is 4.74 Å². The van der Waals surface area contributed by atoms with E-state index in [1.54, 1.807) is 0 Å². The van der Waals surface area contributed by atoms with E-state index in [0.717, 1.165) is 42.6 Å². The molecule has 0 spiro atoms. The summed E-state index contributed by atoms with van der Waals surface area (Å²) in [5.74, 6) is 1.15. The Hall–Kier alpha value is -1.70. The van der Waals surface area contributed by atoms with Crippen LogP contribution in [0.5, 0.6) is 11.5 Å². The van der Waals surface area contributed by atoms with Gasteiger partial charge in [-0.3, -0.25) is 0 Å². The molecule has 0 amide bonds. The molecule has 1 aliphatic rings. The van der Waals surface area contributed by atoms with Gasteiger partial charge in [-0.05, 0) is 76.3 Å². The van der Waals surface area contributed by atoms with Gasteiger partial charge in [-0.1, -0.05) is 31.4 Å². The van der Waals surface area contributed by atoms with Crippen LogP contribution in [0.3, 0.4) is 0 Å². The normalized spacial score (nSPS) is 19.1. The molecule has 1 aliphatic heterocycles. The van der Waals surface area contributed by atoms with Gasteiger partial charge in [0.2, 0.25) is 0 Å². The second-order valence-corrected chi connectivity index (χ2v) is 7.05. The van der Waals surface area contributed by atoms with Crippen molar-refractivity contribution in [2.24, 2.45) is 0 Å². The highest BCUT2D eigenvalue weighted by Crippen LogP contribution is 2.39. The van der Waals surface area contributed by atoms with Crippen molar-refractivity contribution in [3.63, 3.8) is 0 Å². The van der Waals surface area contributed by atoms with Crippen LogP contribution in [0.15, 0.2) is 29.9 Å². The first-order valence-electron chi connectivity index (χ1n) is 8.81. The molecule has 0 fully saturated rings. The van der Waals surface area contributed by atoms with Gasteiger partial charge in [0.15, 0.2) is 0 Å². The van der Waals surface area contributed by atoms with E-state index in [0.29, 0.717) is 5.75 Å². The molecule has 0 radical (unpaired) electrons. The van der Waals surface area contributed by atoms with E-state index in [4.69, 9.17) is 4.74 Å². The monoisotopic (exact) mass is 314 g/mol. The quantitative estimate of drug-likeness (QED) is 0.491. The predicted molar refractivity (Wildman–Crippen MR) is 98.1 cm³/mol. The molecule has 0 aliphatic carbocycles. The maximum atomic E-state index is 10.3. The largest absolute Gasteiger partial charge is 0.507 e. The Morgan fingerprint density at radius 3 is 2.74 bits per heavy atom. The molecule has 2 nitrogen and oxygen atoms in total. The molecule has 1 atom stereocenters. The minimum absolute atomic E-state index is 0.298. The predicted octanol–water partition coefficient (Wildman–Crippen LogP) is 6.04. The SMILES string of the molecule is CCCCCc1cc(O)c2c(c1)O[C@](C)(CCC=C(C)C)C=C2. The number of phenols is 1. The summed E-state index contributed by atoms with van der Waals surface area (Å²) in [4.78, 5) is 0. The highest BCUT2D eigenvalue weighted by molar-refractivity contribution is 5.67. The Bertz CT molecular complexity index is 594. The molecule has 1 heterocycles. The molecule has 0 bridgehead atoms. The zero-order valence-electron chi connectivity index (χ0n) is 15.0. The number of hydrogen-bond donors (Lipinski definition) is 1. The summed E-state index contributed by atoms with van der Waals surface area (Å²) in [7, 11) is 0. The van der Waals surface area contributed by atoms with E-state index in [2.05, 4.69) is 45.9 Å². The van der Waals surface area contributed by atoms with Crippen LogP contribution in [0.1, 0.15) is 70.9 Å². The maximum Gasteiger partial charge on any atom is 0.131 e. The Morgan fingerprint density at radius 2 is 2.04 bits per heavy atom. The van der Waals surface area contributed by atoms with Gasteiger partial charge in [0.1, 0.15) is 17.1 Å². The third-order valence-electron chi connectivity index (χ3n) is 4.39. The van der Waals surface area contributed by atoms with Crippen molar-refractivity contribution >= 4 is 6.08 Å². The van der Waals surface area contributed by atoms with Gasteiger partial charge in [-0.15, -0.1) is 0 Å². The average Bonchev–Trinajstić information content (AvgIpc) is 2.46. The highest BCUT2D eigenvalue weighted by Gasteiger charge is 2.28. The summed E-state index contributed by atoms with van der Waals surface area (Å²) < 4.78 is 6.25. The molecular weight excluding hydrogens is 284 g/mol. The summed E-state index contributed by atoms with van der Waals surface area (Å²) in [6.07, 6.45) is 12.8. The van der Waals surface area contributed by atoms with Crippen LogP contribution in [-0.2, 0) is 6.42 Å². The number of rotatable bonds is 7. The maximum absolute atomic E-state index is 10.3. The second-order valence-electron chi connectivity index (χ2n) is 7.05.